The fourth-order valence-electron chi connectivity index (χ4n) is 4.76. The first kappa shape index (κ1) is 23.8. The first-order valence-electron chi connectivity index (χ1n) is 11.5. The van der Waals surface area contributed by atoms with E-state index in [1.807, 2.05) is 24.3 Å². The van der Waals surface area contributed by atoms with Crippen LogP contribution in [0.1, 0.15) is 39.7 Å². The van der Waals surface area contributed by atoms with Gasteiger partial charge in [0.25, 0.3) is 0 Å². The van der Waals surface area contributed by atoms with Gasteiger partial charge < -0.3 is 25.0 Å². The third kappa shape index (κ3) is 5.10. The molecule has 3 fully saturated rings. The summed E-state index contributed by atoms with van der Waals surface area (Å²) < 4.78 is 10.5. The maximum absolute atomic E-state index is 12.6. The summed E-state index contributed by atoms with van der Waals surface area (Å²) in [7, 11) is 0. The summed E-state index contributed by atoms with van der Waals surface area (Å²) >= 11 is 0. The van der Waals surface area contributed by atoms with Crippen LogP contribution in [0.2, 0.25) is 0 Å². The van der Waals surface area contributed by atoms with E-state index in [2.05, 4.69) is 10.6 Å². The summed E-state index contributed by atoms with van der Waals surface area (Å²) in [4.78, 5) is 51.2. The van der Waals surface area contributed by atoms with Crippen LogP contribution in [-0.2, 0) is 24.5 Å². The summed E-state index contributed by atoms with van der Waals surface area (Å²) in [6, 6.07) is 7.82. The van der Waals surface area contributed by atoms with Crippen LogP contribution in [0, 0.1) is 5.92 Å². The second-order valence-electron chi connectivity index (χ2n) is 10.3. The summed E-state index contributed by atoms with van der Waals surface area (Å²) in [5.74, 6) is 0.100. The van der Waals surface area contributed by atoms with E-state index >= 15 is 0 Å². The molecule has 10 heteroatoms. The van der Waals surface area contributed by atoms with Crippen molar-refractivity contribution in [2.75, 3.05) is 37.6 Å². The number of hydrogen-bond acceptors (Lipinski definition) is 6. The van der Waals surface area contributed by atoms with Crippen LogP contribution in [0.25, 0.3) is 0 Å². The molecule has 1 aromatic rings. The smallest absolute Gasteiger partial charge is 0.414 e. The molecule has 10 nitrogen and oxygen atoms in total. The lowest BCUT2D eigenvalue weighted by Crippen LogP contribution is -2.42. The Kier molecular flexibility index (Phi) is 6.18. The van der Waals surface area contributed by atoms with Crippen LogP contribution >= 0.6 is 0 Å². The highest BCUT2D eigenvalue weighted by molar-refractivity contribution is 5.90. The van der Waals surface area contributed by atoms with Crippen LogP contribution in [0.4, 0.5) is 15.3 Å². The molecule has 0 radical (unpaired) electrons. The van der Waals surface area contributed by atoms with Gasteiger partial charge in [-0.2, -0.15) is 0 Å². The first-order chi connectivity index (χ1) is 16.0. The van der Waals surface area contributed by atoms with Crippen molar-refractivity contribution < 1.29 is 28.7 Å². The molecule has 0 spiro atoms. The van der Waals surface area contributed by atoms with Crippen molar-refractivity contribution in [1.82, 2.24) is 15.5 Å². The monoisotopic (exact) mass is 472 g/mol. The quantitative estimate of drug-likeness (QED) is 0.652. The van der Waals surface area contributed by atoms with Crippen molar-refractivity contribution >= 4 is 29.7 Å². The van der Waals surface area contributed by atoms with Gasteiger partial charge in [-0.25, -0.2) is 9.59 Å². The SMILES string of the molecule is CC(=O)NC[C@H]1CN(c2ccc(C34CC3CN(C(=O)CNC(=O)OC(C)(C)C)C4)cc2)C(=O)O1. The molecule has 1 aliphatic carbocycles. The molecule has 3 atom stereocenters. The van der Waals surface area contributed by atoms with Crippen LogP contribution in [0.3, 0.4) is 0 Å². The number of cyclic esters (lactones) is 1. The van der Waals surface area contributed by atoms with E-state index in [4.69, 9.17) is 9.47 Å². The van der Waals surface area contributed by atoms with Crippen LogP contribution in [0.15, 0.2) is 24.3 Å². The molecule has 2 unspecified atom stereocenters. The van der Waals surface area contributed by atoms with Crippen LogP contribution < -0.4 is 15.5 Å². The number of rotatable bonds is 6. The highest BCUT2D eigenvalue weighted by atomic mass is 16.6. The van der Waals surface area contributed by atoms with E-state index in [0.29, 0.717) is 25.6 Å². The molecule has 34 heavy (non-hydrogen) atoms. The van der Waals surface area contributed by atoms with E-state index in [1.165, 1.54) is 6.92 Å². The van der Waals surface area contributed by atoms with E-state index < -0.39 is 17.8 Å². The minimum Gasteiger partial charge on any atom is -0.444 e. The maximum Gasteiger partial charge on any atom is 0.414 e. The number of piperidine rings is 1. The minimum absolute atomic E-state index is 0.0699. The number of hydrogen-bond donors (Lipinski definition) is 2. The predicted molar refractivity (Wildman–Crippen MR) is 123 cm³/mol. The van der Waals surface area contributed by atoms with E-state index in [9.17, 15) is 19.2 Å². The fraction of sp³-hybridized carbons (Fsp3) is 0.583. The normalized spacial score (nSPS) is 25.5. The van der Waals surface area contributed by atoms with Gasteiger partial charge in [-0.1, -0.05) is 12.1 Å². The Bertz CT molecular complexity index is 988. The number of benzene rings is 1. The number of likely N-dealkylation sites (tertiary alicyclic amines) is 1. The zero-order valence-corrected chi connectivity index (χ0v) is 20.1. The van der Waals surface area contributed by atoms with Gasteiger partial charge in [-0.3, -0.25) is 14.5 Å². The third-order valence-electron chi connectivity index (χ3n) is 6.49. The number of carbonyl (C=O) groups is 4. The molecule has 2 aliphatic heterocycles. The van der Waals surface area contributed by atoms with Gasteiger partial charge >= 0.3 is 12.2 Å². The molecule has 184 valence electrons. The summed E-state index contributed by atoms with van der Waals surface area (Å²) in [5, 5.41) is 5.20. The molecule has 1 aromatic carbocycles. The van der Waals surface area contributed by atoms with Gasteiger partial charge in [-0.15, -0.1) is 0 Å². The second kappa shape index (κ2) is 8.81. The molecule has 4 rings (SSSR count). The lowest BCUT2D eigenvalue weighted by atomic mass is 9.94. The number of amides is 4. The van der Waals surface area contributed by atoms with Gasteiger partial charge in [0.1, 0.15) is 18.2 Å². The maximum atomic E-state index is 12.6. The van der Waals surface area contributed by atoms with Gasteiger partial charge in [0.05, 0.1) is 13.1 Å². The lowest BCUT2D eigenvalue weighted by Gasteiger charge is -2.23. The zero-order chi connectivity index (χ0) is 24.7. The first-order valence-corrected chi connectivity index (χ1v) is 11.5. The standard InChI is InChI=1S/C24H32N4O6/c1-15(29)25-10-19-13-28(22(32)33-19)18-7-5-16(6-8-18)24-9-17(24)12-27(14-24)20(30)11-26-21(31)34-23(2,3)4/h5-8,17,19H,9-14H2,1-4H3,(H,25,29)(H,26,31)/t17?,19-,24?/m0/s1. The van der Waals surface area contributed by atoms with Crippen molar-refractivity contribution in [3.05, 3.63) is 29.8 Å². The molecule has 0 aromatic heterocycles. The molecular weight excluding hydrogens is 440 g/mol. The van der Waals surface area contributed by atoms with Crippen LogP contribution in [0.5, 0.6) is 0 Å². The Hall–Kier alpha value is -3.30. The second-order valence-corrected chi connectivity index (χ2v) is 10.3. The highest BCUT2D eigenvalue weighted by Gasteiger charge is 2.61. The number of carbonyl (C=O) groups excluding carboxylic acids is 4. The van der Waals surface area contributed by atoms with E-state index in [1.54, 1.807) is 30.6 Å². The molecule has 2 N–H and O–H groups in total. The van der Waals surface area contributed by atoms with Crippen molar-refractivity contribution in [3.63, 3.8) is 0 Å². The number of nitrogens with zero attached hydrogens (tertiary/aromatic N) is 2. The average molecular weight is 473 g/mol. The molecule has 3 aliphatic rings. The lowest BCUT2D eigenvalue weighted by molar-refractivity contribution is -0.129. The third-order valence-corrected chi connectivity index (χ3v) is 6.49. The van der Waals surface area contributed by atoms with E-state index in [0.717, 1.165) is 17.7 Å². The molecule has 4 amide bonds. The molecule has 2 saturated heterocycles. The largest absolute Gasteiger partial charge is 0.444 e. The average Bonchev–Trinajstić information content (AvgIpc) is 3.12. The molecular formula is C24H32N4O6. The Morgan fingerprint density at radius 1 is 1.15 bits per heavy atom. The Morgan fingerprint density at radius 3 is 2.50 bits per heavy atom. The minimum atomic E-state index is -0.614. The number of ether oxygens (including phenoxy) is 2. The van der Waals surface area contributed by atoms with Crippen molar-refractivity contribution in [3.8, 4) is 0 Å². The van der Waals surface area contributed by atoms with E-state index in [-0.39, 0.29) is 36.4 Å². The van der Waals surface area contributed by atoms with Crippen molar-refractivity contribution in [1.29, 1.82) is 0 Å². The Balaban J connectivity index is 1.32. The van der Waals surface area contributed by atoms with Crippen molar-refractivity contribution in [2.45, 2.75) is 51.2 Å². The van der Waals surface area contributed by atoms with Crippen molar-refractivity contribution in [2.24, 2.45) is 5.92 Å². The summed E-state index contributed by atoms with van der Waals surface area (Å²) in [6.45, 7) is 8.58. The number of anilines is 1. The predicted octanol–water partition coefficient (Wildman–Crippen LogP) is 1.77. The Labute approximate surface area is 198 Å². The molecule has 2 heterocycles. The van der Waals surface area contributed by atoms with Crippen LogP contribution in [-0.4, -0.2) is 73.3 Å². The van der Waals surface area contributed by atoms with Gasteiger partial charge in [0, 0.05) is 31.1 Å². The Morgan fingerprint density at radius 2 is 1.85 bits per heavy atom. The summed E-state index contributed by atoms with van der Waals surface area (Å²) in [5.41, 5.74) is 1.19. The molecule has 0 bridgehead atoms. The topological polar surface area (TPSA) is 117 Å². The van der Waals surface area contributed by atoms with Gasteiger partial charge in [0.15, 0.2) is 0 Å². The molecule has 1 saturated carbocycles. The fourth-order valence-corrected chi connectivity index (χ4v) is 4.76. The van der Waals surface area contributed by atoms with Gasteiger partial charge in [-0.05, 0) is 50.8 Å². The highest BCUT2D eigenvalue weighted by Crippen LogP contribution is 2.59. The number of fused-ring (bicyclic) bond motifs is 1. The summed E-state index contributed by atoms with van der Waals surface area (Å²) in [6.07, 6.45) is -0.401. The number of alkyl carbamates (subject to hydrolysis) is 1. The zero-order valence-electron chi connectivity index (χ0n) is 20.1. The number of nitrogens with one attached hydrogen (secondary N) is 2. The van der Waals surface area contributed by atoms with Gasteiger partial charge in [0.2, 0.25) is 11.8 Å².